The van der Waals surface area contributed by atoms with E-state index in [1.807, 2.05) is 11.8 Å². The van der Waals surface area contributed by atoms with E-state index in [-0.39, 0.29) is 0 Å². The van der Waals surface area contributed by atoms with Crippen LogP contribution < -0.4 is 0 Å². The predicted molar refractivity (Wildman–Crippen MR) is 71.1 cm³/mol. The van der Waals surface area contributed by atoms with E-state index >= 15 is 0 Å². The smallest absolute Gasteiger partial charge is 0.0346 e. The van der Waals surface area contributed by atoms with Crippen molar-refractivity contribution in [2.45, 2.75) is 43.3 Å². The Labute approximate surface area is 102 Å². The van der Waals surface area contributed by atoms with Crippen molar-refractivity contribution >= 4 is 23.4 Å². The van der Waals surface area contributed by atoms with Gasteiger partial charge < -0.3 is 0 Å². The van der Waals surface area contributed by atoms with E-state index in [0.717, 1.165) is 5.88 Å². The van der Waals surface area contributed by atoms with Crippen LogP contribution in [0.15, 0.2) is 29.2 Å². The van der Waals surface area contributed by atoms with Crippen LogP contribution in [0.4, 0.5) is 0 Å². The molecule has 0 bridgehead atoms. The molecule has 0 spiro atoms. The number of thioether (sulfide) groups is 1. The SMILES string of the molecule is CCCCC(CCl)Sc1ccc(C)cc1. The number of halogens is 1. The molecule has 0 heterocycles. The first-order valence-corrected chi connectivity index (χ1v) is 6.97. The number of benzene rings is 1. The zero-order valence-corrected chi connectivity index (χ0v) is 11.1. The lowest BCUT2D eigenvalue weighted by atomic mass is 10.2. The Bertz CT molecular complexity index is 268. The van der Waals surface area contributed by atoms with E-state index in [0.29, 0.717) is 5.25 Å². The minimum atomic E-state index is 0.564. The monoisotopic (exact) mass is 242 g/mol. The molecule has 0 amide bonds. The summed E-state index contributed by atoms with van der Waals surface area (Å²) < 4.78 is 0. The highest BCUT2D eigenvalue weighted by Gasteiger charge is 2.08. The molecule has 0 aliphatic rings. The van der Waals surface area contributed by atoms with Gasteiger partial charge in [-0.05, 0) is 25.5 Å². The lowest BCUT2D eigenvalue weighted by molar-refractivity contribution is 0.716. The molecule has 1 rings (SSSR count). The highest BCUT2D eigenvalue weighted by atomic mass is 35.5. The maximum atomic E-state index is 5.96. The van der Waals surface area contributed by atoms with Crippen molar-refractivity contribution in [1.29, 1.82) is 0 Å². The molecule has 0 aliphatic heterocycles. The van der Waals surface area contributed by atoms with E-state index in [4.69, 9.17) is 11.6 Å². The molecule has 0 nitrogen and oxygen atoms in total. The molecule has 0 radical (unpaired) electrons. The first-order chi connectivity index (χ1) is 7.26. The van der Waals surface area contributed by atoms with E-state index in [1.165, 1.54) is 29.7 Å². The van der Waals surface area contributed by atoms with Crippen LogP contribution in [0.2, 0.25) is 0 Å². The standard InChI is InChI=1S/C13H19ClS/c1-3-4-5-13(10-14)15-12-8-6-11(2)7-9-12/h6-9,13H,3-5,10H2,1-2H3. The second-order valence-corrected chi connectivity index (χ2v) is 5.53. The number of alkyl halides is 1. The summed E-state index contributed by atoms with van der Waals surface area (Å²) >= 11 is 7.87. The maximum Gasteiger partial charge on any atom is 0.0346 e. The second kappa shape index (κ2) is 7.19. The molecule has 0 aliphatic carbocycles. The fraction of sp³-hybridized carbons (Fsp3) is 0.538. The number of aryl methyl sites for hydroxylation is 1. The number of rotatable bonds is 6. The minimum Gasteiger partial charge on any atom is -0.125 e. The molecule has 15 heavy (non-hydrogen) atoms. The third-order valence-corrected chi connectivity index (χ3v) is 4.21. The van der Waals surface area contributed by atoms with Crippen molar-refractivity contribution in [3.63, 3.8) is 0 Å². The highest BCUT2D eigenvalue weighted by Crippen LogP contribution is 2.27. The summed E-state index contributed by atoms with van der Waals surface area (Å²) in [6, 6.07) is 8.69. The molecular weight excluding hydrogens is 224 g/mol. The van der Waals surface area contributed by atoms with E-state index in [9.17, 15) is 0 Å². The van der Waals surface area contributed by atoms with Crippen molar-refractivity contribution in [3.8, 4) is 0 Å². The number of hydrogen-bond donors (Lipinski definition) is 0. The van der Waals surface area contributed by atoms with Gasteiger partial charge in [-0.15, -0.1) is 23.4 Å². The molecule has 0 fully saturated rings. The highest BCUT2D eigenvalue weighted by molar-refractivity contribution is 8.00. The van der Waals surface area contributed by atoms with Gasteiger partial charge in [-0.3, -0.25) is 0 Å². The van der Waals surface area contributed by atoms with Crippen molar-refractivity contribution in [2.75, 3.05) is 5.88 Å². The zero-order valence-electron chi connectivity index (χ0n) is 9.50. The van der Waals surface area contributed by atoms with Gasteiger partial charge in [0.2, 0.25) is 0 Å². The van der Waals surface area contributed by atoms with Crippen molar-refractivity contribution in [3.05, 3.63) is 29.8 Å². The van der Waals surface area contributed by atoms with Crippen LogP contribution >= 0.6 is 23.4 Å². The Kier molecular flexibility index (Phi) is 6.19. The summed E-state index contributed by atoms with van der Waals surface area (Å²) in [5.74, 6) is 0.749. The predicted octanol–water partition coefficient (Wildman–Crippen LogP) is 4.88. The van der Waals surface area contributed by atoms with Crippen LogP contribution in [0, 0.1) is 6.92 Å². The summed E-state index contributed by atoms with van der Waals surface area (Å²) in [6.45, 7) is 4.34. The Hall–Kier alpha value is -0.140. The Morgan fingerprint density at radius 1 is 1.27 bits per heavy atom. The topological polar surface area (TPSA) is 0 Å². The van der Waals surface area contributed by atoms with Crippen molar-refractivity contribution < 1.29 is 0 Å². The fourth-order valence-corrected chi connectivity index (χ4v) is 2.78. The molecule has 2 heteroatoms. The van der Waals surface area contributed by atoms with Crippen LogP contribution in [0.25, 0.3) is 0 Å². The van der Waals surface area contributed by atoms with Gasteiger partial charge in [0.15, 0.2) is 0 Å². The summed E-state index contributed by atoms with van der Waals surface area (Å²) in [4.78, 5) is 1.34. The molecule has 0 saturated heterocycles. The van der Waals surface area contributed by atoms with Crippen LogP contribution in [0.5, 0.6) is 0 Å². The largest absolute Gasteiger partial charge is 0.125 e. The second-order valence-electron chi connectivity index (χ2n) is 3.85. The molecular formula is C13H19ClS. The van der Waals surface area contributed by atoms with Gasteiger partial charge in [0.25, 0.3) is 0 Å². The van der Waals surface area contributed by atoms with Gasteiger partial charge in [0.1, 0.15) is 0 Å². The summed E-state index contributed by atoms with van der Waals surface area (Å²) in [7, 11) is 0. The maximum absolute atomic E-state index is 5.96. The van der Waals surface area contributed by atoms with Crippen LogP contribution in [0.3, 0.4) is 0 Å². The van der Waals surface area contributed by atoms with E-state index < -0.39 is 0 Å². The quantitative estimate of drug-likeness (QED) is 0.506. The van der Waals surface area contributed by atoms with Crippen molar-refractivity contribution in [1.82, 2.24) is 0 Å². The fourth-order valence-electron chi connectivity index (χ4n) is 1.41. The first kappa shape index (κ1) is 12.9. The Balaban J connectivity index is 2.47. The molecule has 1 aromatic rings. The van der Waals surface area contributed by atoms with Crippen molar-refractivity contribution in [2.24, 2.45) is 0 Å². The van der Waals surface area contributed by atoms with Crippen LogP contribution in [0.1, 0.15) is 31.7 Å². The first-order valence-electron chi connectivity index (χ1n) is 5.55. The lowest BCUT2D eigenvalue weighted by Crippen LogP contribution is -2.03. The van der Waals surface area contributed by atoms with Gasteiger partial charge in [-0.25, -0.2) is 0 Å². The summed E-state index contributed by atoms with van der Waals surface area (Å²) in [6.07, 6.45) is 3.75. The molecule has 0 N–H and O–H groups in total. The summed E-state index contributed by atoms with van der Waals surface area (Å²) in [5.41, 5.74) is 1.32. The average molecular weight is 243 g/mol. The molecule has 84 valence electrons. The molecule has 0 aromatic heterocycles. The normalized spacial score (nSPS) is 12.7. The molecule has 1 atom stereocenters. The number of hydrogen-bond acceptors (Lipinski definition) is 1. The molecule has 1 aromatic carbocycles. The van der Waals surface area contributed by atoms with Crippen LogP contribution in [-0.4, -0.2) is 11.1 Å². The van der Waals surface area contributed by atoms with Crippen LogP contribution in [-0.2, 0) is 0 Å². The molecule has 0 saturated carbocycles. The van der Waals surface area contributed by atoms with E-state index in [2.05, 4.69) is 38.1 Å². The molecule has 1 unspecified atom stereocenters. The lowest BCUT2D eigenvalue weighted by Gasteiger charge is -2.12. The van der Waals surface area contributed by atoms with Gasteiger partial charge >= 0.3 is 0 Å². The Morgan fingerprint density at radius 2 is 1.93 bits per heavy atom. The van der Waals surface area contributed by atoms with E-state index in [1.54, 1.807) is 0 Å². The van der Waals surface area contributed by atoms with Gasteiger partial charge in [-0.1, -0.05) is 37.5 Å². The summed E-state index contributed by atoms with van der Waals surface area (Å²) in [5, 5.41) is 0.564. The zero-order chi connectivity index (χ0) is 11.1. The van der Waals surface area contributed by atoms with Gasteiger partial charge in [0.05, 0.1) is 0 Å². The average Bonchev–Trinajstić information content (AvgIpc) is 2.27. The van der Waals surface area contributed by atoms with Gasteiger partial charge in [-0.2, -0.15) is 0 Å². The van der Waals surface area contributed by atoms with Gasteiger partial charge in [0, 0.05) is 16.0 Å². The Morgan fingerprint density at radius 3 is 2.47 bits per heavy atom. The minimum absolute atomic E-state index is 0.564. The third-order valence-electron chi connectivity index (χ3n) is 2.38. The number of unbranched alkanes of at least 4 members (excludes halogenated alkanes) is 1. The third kappa shape index (κ3) is 4.94.